The van der Waals surface area contributed by atoms with Crippen molar-refractivity contribution in [2.75, 3.05) is 6.61 Å². The molecule has 1 amide bonds. The number of carbonyl (C=O) groups excluding carboxylic acids is 2. The maximum absolute atomic E-state index is 12.7. The van der Waals surface area contributed by atoms with E-state index in [1.54, 1.807) is 0 Å². The molecule has 0 bridgehead atoms. The van der Waals surface area contributed by atoms with Crippen LogP contribution in [0.25, 0.3) is 0 Å². The van der Waals surface area contributed by atoms with E-state index in [0.29, 0.717) is 6.07 Å². The van der Waals surface area contributed by atoms with Gasteiger partial charge in [0, 0.05) is 0 Å². The molecule has 2 aromatic carbocycles. The van der Waals surface area contributed by atoms with Gasteiger partial charge in [-0.15, -0.1) is 0 Å². The van der Waals surface area contributed by atoms with E-state index in [4.69, 9.17) is 4.74 Å². The smallest absolute Gasteiger partial charge is 0.416 e. The maximum Gasteiger partial charge on any atom is 0.416 e. The molecule has 0 fully saturated rings. The number of alkyl halides is 3. The SMILES string of the molecule is O=C(COC(=O)c1cccc(C(F)(F)F)c1)N[C@@H]1CCCc2ccccc21. The van der Waals surface area contributed by atoms with Crippen LogP contribution in [0.15, 0.2) is 48.5 Å². The zero-order chi connectivity index (χ0) is 19.4. The number of rotatable bonds is 4. The van der Waals surface area contributed by atoms with Crippen LogP contribution < -0.4 is 5.32 Å². The lowest BCUT2D eigenvalue weighted by Crippen LogP contribution is -2.34. The Bertz CT molecular complexity index is 848. The maximum atomic E-state index is 12.7. The molecule has 1 aliphatic rings. The second kappa shape index (κ2) is 7.82. The van der Waals surface area contributed by atoms with Crippen LogP contribution in [0.4, 0.5) is 13.2 Å². The molecule has 0 radical (unpaired) electrons. The highest BCUT2D eigenvalue weighted by atomic mass is 19.4. The molecule has 0 aliphatic heterocycles. The van der Waals surface area contributed by atoms with Gasteiger partial charge in [-0.1, -0.05) is 30.3 Å². The summed E-state index contributed by atoms with van der Waals surface area (Å²) in [6.07, 6.45) is -1.88. The molecule has 3 rings (SSSR count). The van der Waals surface area contributed by atoms with Crippen LogP contribution in [0.5, 0.6) is 0 Å². The van der Waals surface area contributed by atoms with Gasteiger partial charge in [-0.2, -0.15) is 13.2 Å². The van der Waals surface area contributed by atoms with Crippen molar-refractivity contribution in [3.63, 3.8) is 0 Å². The summed E-state index contributed by atoms with van der Waals surface area (Å²) in [5, 5.41) is 2.82. The molecule has 0 aromatic heterocycles. The highest BCUT2D eigenvalue weighted by molar-refractivity contribution is 5.91. The predicted octanol–water partition coefficient (Wildman–Crippen LogP) is 4.06. The van der Waals surface area contributed by atoms with Crippen molar-refractivity contribution < 1.29 is 27.5 Å². The first-order chi connectivity index (χ1) is 12.8. The molecular weight excluding hydrogens is 359 g/mol. The second-order valence-corrected chi connectivity index (χ2v) is 6.37. The Hall–Kier alpha value is -2.83. The molecule has 142 valence electrons. The Morgan fingerprint density at radius 1 is 1.11 bits per heavy atom. The summed E-state index contributed by atoms with van der Waals surface area (Å²) in [5.74, 6) is -1.46. The second-order valence-electron chi connectivity index (χ2n) is 6.37. The summed E-state index contributed by atoms with van der Waals surface area (Å²) in [6, 6.07) is 11.6. The van der Waals surface area contributed by atoms with E-state index in [0.717, 1.165) is 37.0 Å². The number of benzene rings is 2. The monoisotopic (exact) mass is 377 g/mol. The summed E-state index contributed by atoms with van der Waals surface area (Å²) in [6.45, 7) is -0.548. The van der Waals surface area contributed by atoms with Crippen molar-refractivity contribution in [1.82, 2.24) is 5.32 Å². The Kier molecular flexibility index (Phi) is 5.48. The normalized spacial score (nSPS) is 16.3. The van der Waals surface area contributed by atoms with Gasteiger partial charge in [0.05, 0.1) is 17.2 Å². The zero-order valence-corrected chi connectivity index (χ0v) is 14.4. The fourth-order valence-electron chi connectivity index (χ4n) is 3.18. The average Bonchev–Trinajstić information content (AvgIpc) is 2.66. The van der Waals surface area contributed by atoms with Crippen LogP contribution in [0.2, 0.25) is 0 Å². The number of hydrogen-bond donors (Lipinski definition) is 1. The van der Waals surface area contributed by atoms with Gasteiger partial charge in [-0.25, -0.2) is 4.79 Å². The average molecular weight is 377 g/mol. The van der Waals surface area contributed by atoms with Crippen molar-refractivity contribution >= 4 is 11.9 Å². The molecule has 2 aromatic rings. The topological polar surface area (TPSA) is 55.4 Å². The molecule has 0 spiro atoms. The van der Waals surface area contributed by atoms with Gasteiger partial charge in [0.25, 0.3) is 5.91 Å². The summed E-state index contributed by atoms with van der Waals surface area (Å²) in [4.78, 5) is 24.1. The number of aryl methyl sites for hydroxylation is 1. The van der Waals surface area contributed by atoms with Crippen LogP contribution in [-0.4, -0.2) is 18.5 Å². The van der Waals surface area contributed by atoms with Crippen LogP contribution in [0, 0.1) is 0 Å². The molecule has 0 saturated heterocycles. The summed E-state index contributed by atoms with van der Waals surface area (Å²) in [7, 11) is 0. The quantitative estimate of drug-likeness (QED) is 0.818. The number of nitrogens with one attached hydrogen (secondary N) is 1. The van der Waals surface area contributed by atoms with Gasteiger partial charge >= 0.3 is 12.1 Å². The lowest BCUT2D eigenvalue weighted by atomic mass is 9.88. The standard InChI is InChI=1S/C20H18F3NO3/c21-20(22,23)15-8-3-7-14(11-15)19(26)27-12-18(25)24-17-10-4-6-13-5-1-2-9-16(13)17/h1-3,5,7-9,11,17H,4,6,10,12H2,(H,24,25)/t17-/m1/s1. The minimum Gasteiger partial charge on any atom is -0.452 e. The lowest BCUT2D eigenvalue weighted by molar-refractivity contribution is -0.137. The third kappa shape index (κ3) is 4.67. The van der Waals surface area contributed by atoms with E-state index in [1.165, 1.54) is 11.6 Å². The fraction of sp³-hybridized carbons (Fsp3) is 0.300. The summed E-state index contributed by atoms with van der Waals surface area (Å²) in [5.41, 5.74) is 1.03. The van der Waals surface area contributed by atoms with E-state index in [-0.39, 0.29) is 11.6 Å². The van der Waals surface area contributed by atoms with Gasteiger partial charge in [-0.3, -0.25) is 4.79 Å². The molecule has 1 atom stereocenters. The Morgan fingerprint density at radius 2 is 1.89 bits per heavy atom. The predicted molar refractivity (Wildman–Crippen MR) is 92.0 cm³/mol. The zero-order valence-electron chi connectivity index (χ0n) is 14.4. The van der Waals surface area contributed by atoms with Crippen molar-refractivity contribution in [2.45, 2.75) is 31.5 Å². The van der Waals surface area contributed by atoms with Gasteiger partial charge in [-0.05, 0) is 48.6 Å². The third-order valence-electron chi connectivity index (χ3n) is 4.46. The number of carbonyl (C=O) groups is 2. The molecule has 27 heavy (non-hydrogen) atoms. The van der Waals surface area contributed by atoms with Crippen LogP contribution in [-0.2, 0) is 22.1 Å². The van der Waals surface area contributed by atoms with Gasteiger partial charge in [0.2, 0.25) is 0 Å². The number of hydrogen-bond acceptors (Lipinski definition) is 3. The molecule has 0 heterocycles. The Labute approximate surface area is 154 Å². The van der Waals surface area contributed by atoms with Gasteiger partial charge < -0.3 is 10.1 Å². The molecule has 7 heteroatoms. The number of fused-ring (bicyclic) bond motifs is 1. The van der Waals surface area contributed by atoms with Crippen molar-refractivity contribution in [2.24, 2.45) is 0 Å². The fourth-order valence-corrected chi connectivity index (χ4v) is 3.18. The number of esters is 1. The Balaban J connectivity index is 1.58. The highest BCUT2D eigenvalue weighted by Crippen LogP contribution is 2.30. The van der Waals surface area contributed by atoms with Crippen molar-refractivity contribution in [1.29, 1.82) is 0 Å². The minimum absolute atomic E-state index is 0.158. The first-order valence-corrected chi connectivity index (χ1v) is 8.56. The first-order valence-electron chi connectivity index (χ1n) is 8.56. The molecular formula is C20H18F3NO3. The molecule has 1 aliphatic carbocycles. The van der Waals surface area contributed by atoms with E-state index in [1.807, 2.05) is 24.3 Å². The Morgan fingerprint density at radius 3 is 2.67 bits per heavy atom. The van der Waals surface area contributed by atoms with Crippen LogP contribution in [0.1, 0.15) is 45.9 Å². The number of ether oxygens (including phenoxy) is 1. The van der Waals surface area contributed by atoms with E-state index in [2.05, 4.69) is 5.32 Å². The van der Waals surface area contributed by atoms with Crippen molar-refractivity contribution in [3.8, 4) is 0 Å². The van der Waals surface area contributed by atoms with Crippen LogP contribution in [0.3, 0.4) is 0 Å². The number of amides is 1. The van der Waals surface area contributed by atoms with Gasteiger partial charge in [0.1, 0.15) is 0 Å². The number of halogens is 3. The molecule has 0 saturated carbocycles. The minimum atomic E-state index is -4.55. The third-order valence-corrected chi connectivity index (χ3v) is 4.46. The summed E-state index contributed by atoms with van der Waals surface area (Å²) < 4.78 is 43.0. The molecule has 4 nitrogen and oxygen atoms in total. The van der Waals surface area contributed by atoms with E-state index >= 15 is 0 Å². The lowest BCUT2D eigenvalue weighted by Gasteiger charge is -2.26. The van der Waals surface area contributed by atoms with Crippen molar-refractivity contribution in [3.05, 3.63) is 70.8 Å². The van der Waals surface area contributed by atoms with E-state index < -0.39 is 30.2 Å². The van der Waals surface area contributed by atoms with Crippen LogP contribution >= 0.6 is 0 Å². The highest BCUT2D eigenvalue weighted by Gasteiger charge is 2.31. The summed E-state index contributed by atoms with van der Waals surface area (Å²) >= 11 is 0. The largest absolute Gasteiger partial charge is 0.452 e. The molecule has 1 N–H and O–H groups in total. The molecule has 0 unspecified atom stereocenters. The van der Waals surface area contributed by atoms with E-state index in [9.17, 15) is 22.8 Å². The van der Waals surface area contributed by atoms with Gasteiger partial charge in [0.15, 0.2) is 6.61 Å². The first kappa shape index (κ1) is 18.9.